The molecule has 0 spiro atoms. The van der Waals surface area contributed by atoms with E-state index in [1.54, 1.807) is 0 Å². The van der Waals surface area contributed by atoms with Gasteiger partial charge in [-0.15, -0.1) is 0 Å². The minimum Gasteiger partial charge on any atom is -0.482 e. The lowest BCUT2D eigenvalue weighted by atomic mass is 10.1. The van der Waals surface area contributed by atoms with E-state index in [4.69, 9.17) is 10.5 Å². The average molecular weight is 331 g/mol. The lowest BCUT2D eigenvalue weighted by molar-refractivity contribution is -0.132. The van der Waals surface area contributed by atoms with Gasteiger partial charge in [0.25, 0.3) is 5.91 Å². The highest BCUT2D eigenvalue weighted by molar-refractivity contribution is 6.02. The third kappa shape index (κ3) is 3.53. The van der Waals surface area contributed by atoms with Crippen molar-refractivity contribution in [3.8, 4) is 5.75 Å². The highest BCUT2D eigenvalue weighted by atomic mass is 16.5. The Hall–Kier alpha value is -2.08. The molecule has 1 fully saturated rings. The number of amides is 2. The number of carbonyl (C=O) groups is 2. The van der Waals surface area contributed by atoms with E-state index in [1.165, 1.54) is 17.7 Å². The summed E-state index contributed by atoms with van der Waals surface area (Å²) in [6, 6.07) is 5.43. The molecule has 2 aliphatic heterocycles. The lowest BCUT2D eigenvalue weighted by Crippen LogP contribution is -2.46. The van der Waals surface area contributed by atoms with Crippen molar-refractivity contribution >= 4 is 17.5 Å². The molecule has 1 saturated heterocycles. The number of ether oxygens (including phenoxy) is 1. The monoisotopic (exact) mass is 331 g/mol. The van der Waals surface area contributed by atoms with E-state index in [0.29, 0.717) is 11.4 Å². The highest BCUT2D eigenvalue weighted by Gasteiger charge is 2.29. The van der Waals surface area contributed by atoms with Crippen molar-refractivity contribution in [2.75, 3.05) is 31.1 Å². The molecule has 130 valence electrons. The van der Waals surface area contributed by atoms with E-state index in [1.807, 2.05) is 30.0 Å². The third-order valence-corrected chi connectivity index (χ3v) is 4.70. The highest BCUT2D eigenvalue weighted by Crippen LogP contribution is 2.34. The van der Waals surface area contributed by atoms with Gasteiger partial charge < -0.3 is 15.4 Å². The quantitative estimate of drug-likeness (QED) is 0.917. The predicted octanol–water partition coefficient (Wildman–Crippen LogP) is 1.83. The molecule has 0 radical (unpaired) electrons. The van der Waals surface area contributed by atoms with Crippen LogP contribution in [-0.2, 0) is 9.59 Å². The topological polar surface area (TPSA) is 75.9 Å². The molecule has 0 aromatic heterocycles. The molecule has 2 amide bonds. The second-order valence-electron chi connectivity index (χ2n) is 6.58. The van der Waals surface area contributed by atoms with Crippen molar-refractivity contribution in [1.29, 1.82) is 0 Å². The molecule has 1 aromatic carbocycles. The Labute approximate surface area is 142 Å². The summed E-state index contributed by atoms with van der Waals surface area (Å²) < 4.78 is 5.49. The summed E-state index contributed by atoms with van der Waals surface area (Å²) in [4.78, 5) is 28.4. The van der Waals surface area contributed by atoms with E-state index < -0.39 is 0 Å². The molecule has 0 aliphatic carbocycles. The third-order valence-electron chi connectivity index (χ3n) is 4.70. The normalized spacial score (nSPS) is 19.3. The van der Waals surface area contributed by atoms with Gasteiger partial charge in [0.05, 0.1) is 5.69 Å². The summed E-state index contributed by atoms with van der Waals surface area (Å²) in [7, 11) is 0. The van der Waals surface area contributed by atoms with Crippen LogP contribution in [0.25, 0.3) is 0 Å². The summed E-state index contributed by atoms with van der Waals surface area (Å²) in [6.07, 6.45) is 4.41. The van der Waals surface area contributed by atoms with Crippen LogP contribution in [0, 0.1) is 0 Å². The molecule has 6 heteroatoms. The average Bonchev–Trinajstić information content (AvgIpc) is 2.86. The molecular formula is C18H25N3O3. The Kier molecular flexibility index (Phi) is 5.04. The molecule has 0 bridgehead atoms. The van der Waals surface area contributed by atoms with Crippen LogP contribution in [0.3, 0.4) is 0 Å². The van der Waals surface area contributed by atoms with E-state index in [9.17, 15) is 9.59 Å². The van der Waals surface area contributed by atoms with Crippen LogP contribution in [0.15, 0.2) is 18.2 Å². The number of rotatable bonds is 3. The van der Waals surface area contributed by atoms with Crippen molar-refractivity contribution in [2.45, 2.75) is 38.6 Å². The first-order valence-corrected chi connectivity index (χ1v) is 8.67. The van der Waals surface area contributed by atoms with Gasteiger partial charge >= 0.3 is 0 Å². The first-order chi connectivity index (χ1) is 11.6. The van der Waals surface area contributed by atoms with E-state index in [0.717, 1.165) is 31.5 Å². The Morgan fingerprint density at radius 2 is 1.96 bits per heavy atom. The number of nitrogens with two attached hydrogens (primary N) is 1. The Balaban J connectivity index is 1.81. The number of nitrogens with zero attached hydrogens (tertiary/aromatic N) is 2. The molecule has 0 saturated carbocycles. The zero-order valence-electron chi connectivity index (χ0n) is 14.2. The van der Waals surface area contributed by atoms with Gasteiger partial charge in [-0.3, -0.25) is 14.5 Å². The van der Waals surface area contributed by atoms with Gasteiger partial charge in [0.15, 0.2) is 6.61 Å². The van der Waals surface area contributed by atoms with Crippen LogP contribution in [0.4, 0.5) is 5.69 Å². The van der Waals surface area contributed by atoms with Gasteiger partial charge in [-0.1, -0.05) is 18.9 Å². The summed E-state index contributed by atoms with van der Waals surface area (Å²) in [5, 5.41) is 0. The van der Waals surface area contributed by atoms with Crippen molar-refractivity contribution in [2.24, 2.45) is 5.73 Å². The Morgan fingerprint density at radius 1 is 1.25 bits per heavy atom. The van der Waals surface area contributed by atoms with Crippen molar-refractivity contribution in [1.82, 2.24) is 4.90 Å². The lowest BCUT2D eigenvalue weighted by Gasteiger charge is -2.31. The summed E-state index contributed by atoms with van der Waals surface area (Å²) in [6.45, 7) is 3.49. The summed E-state index contributed by atoms with van der Waals surface area (Å²) in [5.41, 5.74) is 7.50. The minimum atomic E-state index is -0.188. The number of hydrogen-bond acceptors (Lipinski definition) is 4. The fourth-order valence-corrected chi connectivity index (χ4v) is 3.23. The molecule has 2 heterocycles. The van der Waals surface area contributed by atoms with Crippen LogP contribution in [0.2, 0.25) is 0 Å². The predicted molar refractivity (Wildman–Crippen MR) is 91.9 cm³/mol. The number of carbonyl (C=O) groups excluding carboxylic acids is 2. The van der Waals surface area contributed by atoms with Crippen LogP contribution < -0.4 is 15.4 Å². The van der Waals surface area contributed by atoms with Crippen LogP contribution in [0.1, 0.15) is 44.2 Å². The maximum absolute atomic E-state index is 12.7. The second-order valence-corrected chi connectivity index (χ2v) is 6.58. The van der Waals surface area contributed by atoms with Gasteiger partial charge in [0.1, 0.15) is 12.3 Å². The van der Waals surface area contributed by atoms with E-state index >= 15 is 0 Å². The smallest absolute Gasteiger partial charge is 0.265 e. The van der Waals surface area contributed by atoms with Crippen molar-refractivity contribution in [3.05, 3.63) is 23.8 Å². The van der Waals surface area contributed by atoms with E-state index in [-0.39, 0.29) is 31.0 Å². The van der Waals surface area contributed by atoms with Crippen LogP contribution in [0.5, 0.6) is 5.75 Å². The SMILES string of the molecule is CC(N)c1ccc2c(c1)N(CC(=O)N1CCCCCC1)C(=O)CO2. The maximum Gasteiger partial charge on any atom is 0.265 e. The molecular weight excluding hydrogens is 306 g/mol. The number of benzene rings is 1. The van der Waals surface area contributed by atoms with Gasteiger partial charge in [-0.05, 0) is 37.5 Å². The first kappa shape index (κ1) is 16.8. The maximum atomic E-state index is 12.7. The summed E-state index contributed by atoms with van der Waals surface area (Å²) in [5.74, 6) is 0.444. The molecule has 24 heavy (non-hydrogen) atoms. The Bertz CT molecular complexity index is 622. The molecule has 6 nitrogen and oxygen atoms in total. The largest absolute Gasteiger partial charge is 0.482 e. The van der Waals surface area contributed by atoms with E-state index in [2.05, 4.69) is 0 Å². The molecule has 3 rings (SSSR count). The fraction of sp³-hybridized carbons (Fsp3) is 0.556. The first-order valence-electron chi connectivity index (χ1n) is 8.67. The zero-order valence-corrected chi connectivity index (χ0v) is 14.2. The van der Waals surface area contributed by atoms with Crippen LogP contribution >= 0.6 is 0 Å². The standard InChI is InChI=1S/C18H25N3O3/c1-13(19)14-6-7-16-15(10-14)21(18(23)12-24-16)11-17(22)20-8-4-2-3-5-9-20/h6-7,10,13H,2-5,8-9,11-12,19H2,1H3. The molecule has 1 aromatic rings. The molecule has 2 aliphatic rings. The minimum absolute atomic E-state index is 0.00398. The molecule has 1 unspecified atom stereocenters. The number of likely N-dealkylation sites (tertiary alicyclic amines) is 1. The Morgan fingerprint density at radius 3 is 2.62 bits per heavy atom. The van der Waals surface area contributed by atoms with Gasteiger partial charge in [0.2, 0.25) is 5.91 Å². The summed E-state index contributed by atoms with van der Waals surface area (Å²) >= 11 is 0. The number of anilines is 1. The molecule has 2 N–H and O–H groups in total. The fourth-order valence-electron chi connectivity index (χ4n) is 3.23. The van der Waals surface area contributed by atoms with Crippen LogP contribution in [-0.4, -0.2) is 43.0 Å². The second kappa shape index (κ2) is 7.21. The number of hydrogen-bond donors (Lipinski definition) is 1. The van der Waals surface area contributed by atoms with Crippen molar-refractivity contribution < 1.29 is 14.3 Å². The zero-order chi connectivity index (χ0) is 17.1. The number of fused-ring (bicyclic) bond motifs is 1. The van der Waals surface area contributed by atoms with Gasteiger partial charge in [-0.25, -0.2) is 0 Å². The van der Waals surface area contributed by atoms with Gasteiger partial charge in [-0.2, -0.15) is 0 Å². The van der Waals surface area contributed by atoms with Gasteiger partial charge in [0, 0.05) is 19.1 Å². The molecule has 1 atom stereocenters. The van der Waals surface area contributed by atoms with Crippen molar-refractivity contribution in [3.63, 3.8) is 0 Å².